The maximum atomic E-state index is 14.3. The van der Waals surface area contributed by atoms with Crippen LogP contribution in [-0.2, 0) is 80.0 Å². The molecular formula is C60H94N18O15S2. The molecule has 0 fully saturated rings. The Morgan fingerprint density at radius 3 is 1.81 bits per heavy atom. The van der Waals surface area contributed by atoms with E-state index in [1.165, 1.54) is 31.2 Å². The highest BCUT2D eigenvalue weighted by Gasteiger charge is 2.34. The second-order valence-electron chi connectivity index (χ2n) is 23.6. The number of rotatable bonds is 44. The third-order valence-electron chi connectivity index (χ3n) is 14.4. The number of carbonyl (C=O) groups is 14. The molecule has 3 aromatic rings. The molecule has 95 heavy (non-hydrogen) atoms. The molecule has 3 rings (SSSR count). The van der Waals surface area contributed by atoms with Crippen molar-refractivity contribution < 1.29 is 72.2 Å². The summed E-state index contributed by atoms with van der Waals surface area (Å²) in [7, 11) is 3.27. The summed E-state index contributed by atoms with van der Waals surface area (Å²) < 4.78 is 0. The molecule has 0 aliphatic heterocycles. The van der Waals surface area contributed by atoms with Gasteiger partial charge < -0.3 is 95.2 Å². The zero-order chi connectivity index (χ0) is 70.9. The molecule has 2 heterocycles. The molecule has 0 saturated carbocycles. The molecule has 0 bridgehead atoms. The number of primary amides is 2. The predicted octanol–water partition coefficient (Wildman–Crippen LogP) is -4.73. The van der Waals surface area contributed by atoms with Crippen molar-refractivity contribution in [2.75, 3.05) is 64.6 Å². The van der Waals surface area contributed by atoms with Crippen LogP contribution >= 0.6 is 24.4 Å². The maximum absolute atomic E-state index is 14.3. The van der Waals surface area contributed by atoms with Gasteiger partial charge in [-0.15, -0.1) is 0 Å². The van der Waals surface area contributed by atoms with Gasteiger partial charge in [-0.25, -0.2) is 4.98 Å². The molecular weight excluding hydrogens is 1280 g/mol. The largest absolute Gasteiger partial charge is 0.394 e. The molecule has 0 radical (unpaired) electrons. The third kappa shape index (κ3) is 29.6. The number of aliphatic hydroxyl groups excluding tert-OH is 1. The first-order chi connectivity index (χ1) is 45.0. The Hall–Kier alpha value is -8.83. The number of thiol groups is 1. The number of nitrogens with two attached hydrogens (primary N) is 2. The number of carbonyl (C=O) groups excluding carboxylic acids is 14. The fraction of sp³-hybridized carbons (Fsp3) is 0.583. The highest BCUT2D eigenvalue weighted by molar-refractivity contribution is 7.98. The summed E-state index contributed by atoms with van der Waals surface area (Å²) in [5.74, 6) is -10.9. The first-order valence-corrected chi connectivity index (χ1v) is 33.0. The number of likely N-dealkylation sites (N-methyl/N-ethyl adjacent to an activating group) is 1. The van der Waals surface area contributed by atoms with Gasteiger partial charge in [0.1, 0.15) is 54.4 Å². The number of para-hydroxylation sites is 1. The van der Waals surface area contributed by atoms with Crippen molar-refractivity contribution in [2.45, 2.75) is 147 Å². The number of benzene rings is 1. The van der Waals surface area contributed by atoms with Gasteiger partial charge in [0.15, 0.2) is 0 Å². The SMILES string of the molecule is CSCCC(NC(=O)[C@H](CC(C)C)NC(=O)[C@H](Cc1cnc[nH]1)NC(=O)CNC(=O)C(NC(=O)[C@H](C)NC(=O)[C@H](Cc1c[nH]c2ccccc12)NC(=O)[C@H](CCC(N)=O)NC(=O)CCCCNC(=O)CNC(=O)[C@H](CS)NC(=O)[C@H](CO)NC(=O)CN(C)C)C(C)C)C(N)=O. The van der Waals surface area contributed by atoms with Gasteiger partial charge in [0.25, 0.3) is 0 Å². The molecule has 0 aliphatic carbocycles. The van der Waals surface area contributed by atoms with Crippen molar-refractivity contribution in [2.24, 2.45) is 23.3 Å². The van der Waals surface area contributed by atoms with Crippen LogP contribution in [0.1, 0.15) is 90.8 Å². The summed E-state index contributed by atoms with van der Waals surface area (Å²) in [6.07, 6.45) is 6.08. The molecule has 1 aromatic carbocycles. The molecule has 0 saturated heterocycles. The average molecular weight is 1370 g/mol. The predicted molar refractivity (Wildman–Crippen MR) is 355 cm³/mol. The fourth-order valence-electron chi connectivity index (χ4n) is 9.31. The molecule has 526 valence electrons. The van der Waals surface area contributed by atoms with E-state index in [4.69, 9.17) is 11.5 Å². The summed E-state index contributed by atoms with van der Waals surface area (Å²) in [4.78, 5) is 196. The number of amides is 14. The highest BCUT2D eigenvalue weighted by atomic mass is 32.2. The van der Waals surface area contributed by atoms with E-state index in [2.05, 4.69) is 91.4 Å². The van der Waals surface area contributed by atoms with Crippen LogP contribution in [0.5, 0.6) is 0 Å². The van der Waals surface area contributed by atoms with Crippen molar-refractivity contribution in [1.29, 1.82) is 0 Å². The number of aliphatic hydroxyl groups is 1. The number of hydrogen-bond acceptors (Lipinski definition) is 19. The second-order valence-corrected chi connectivity index (χ2v) is 24.9. The van der Waals surface area contributed by atoms with Crippen molar-refractivity contribution in [1.82, 2.24) is 83.7 Å². The number of aromatic nitrogens is 3. The van der Waals surface area contributed by atoms with Crippen LogP contribution in [0, 0.1) is 11.8 Å². The van der Waals surface area contributed by atoms with Gasteiger partial charge >= 0.3 is 0 Å². The molecule has 0 spiro atoms. The number of nitrogens with one attached hydrogen (secondary N) is 14. The van der Waals surface area contributed by atoms with E-state index in [-0.39, 0.29) is 82.5 Å². The summed E-state index contributed by atoms with van der Waals surface area (Å²) in [5.41, 5.74) is 12.7. The summed E-state index contributed by atoms with van der Waals surface area (Å²) >= 11 is 5.54. The number of hydrogen-bond donors (Lipinski definition) is 18. The van der Waals surface area contributed by atoms with Crippen LogP contribution in [0.15, 0.2) is 43.0 Å². The zero-order valence-corrected chi connectivity index (χ0v) is 56.5. The Morgan fingerprint density at radius 1 is 0.600 bits per heavy atom. The van der Waals surface area contributed by atoms with E-state index in [0.717, 1.165) is 0 Å². The molecule has 0 aliphatic rings. The van der Waals surface area contributed by atoms with Gasteiger partial charge in [-0.05, 0) is 88.6 Å². The van der Waals surface area contributed by atoms with Crippen LogP contribution in [0.2, 0.25) is 0 Å². The Bertz CT molecular complexity index is 3090. The number of nitrogens with zero attached hydrogens (tertiary/aromatic N) is 2. The van der Waals surface area contributed by atoms with Gasteiger partial charge in [-0.1, -0.05) is 45.9 Å². The van der Waals surface area contributed by atoms with E-state index in [1.54, 1.807) is 63.3 Å². The molecule has 14 amide bonds. The molecule has 33 nitrogen and oxygen atoms in total. The maximum Gasteiger partial charge on any atom is 0.245 e. The lowest BCUT2D eigenvalue weighted by molar-refractivity contribution is -0.135. The lowest BCUT2D eigenvalue weighted by Crippen LogP contribution is -2.59. The highest BCUT2D eigenvalue weighted by Crippen LogP contribution is 2.20. The smallest absolute Gasteiger partial charge is 0.245 e. The molecule has 19 N–H and O–H groups in total. The number of fused-ring (bicyclic) bond motifs is 1. The minimum Gasteiger partial charge on any atom is -0.394 e. The Kier molecular flexibility index (Phi) is 35.4. The summed E-state index contributed by atoms with van der Waals surface area (Å²) in [6, 6.07) is -4.33. The number of H-pyrrole nitrogens is 2. The van der Waals surface area contributed by atoms with Gasteiger partial charge in [-0.3, -0.25) is 67.1 Å². The number of unbranched alkanes of at least 4 members (excludes halogenated alkanes) is 1. The topological polar surface area (TPSA) is 503 Å². The zero-order valence-electron chi connectivity index (χ0n) is 54.8. The van der Waals surface area contributed by atoms with Crippen molar-refractivity contribution in [3.05, 3.63) is 54.2 Å². The quantitative estimate of drug-likeness (QED) is 0.0187. The van der Waals surface area contributed by atoms with Crippen molar-refractivity contribution in [3.8, 4) is 0 Å². The second kappa shape index (κ2) is 41.8. The normalized spacial score (nSPS) is 14.0. The Morgan fingerprint density at radius 2 is 1.19 bits per heavy atom. The number of imidazole rings is 1. The molecule has 35 heteroatoms. The lowest BCUT2D eigenvalue weighted by atomic mass is 10.0. The van der Waals surface area contributed by atoms with E-state index in [1.807, 2.05) is 20.1 Å². The minimum absolute atomic E-state index is 0.0569. The van der Waals surface area contributed by atoms with Crippen molar-refractivity contribution >= 4 is 118 Å². The van der Waals surface area contributed by atoms with Crippen LogP contribution in [0.3, 0.4) is 0 Å². The van der Waals surface area contributed by atoms with E-state index >= 15 is 0 Å². The molecule has 2 unspecified atom stereocenters. The first kappa shape index (κ1) is 80.4. The van der Waals surface area contributed by atoms with Gasteiger partial charge in [0.2, 0.25) is 82.7 Å². The first-order valence-electron chi connectivity index (χ1n) is 30.9. The minimum atomic E-state index is -1.42. The van der Waals surface area contributed by atoms with E-state index in [0.29, 0.717) is 27.9 Å². The number of aromatic amines is 2. The van der Waals surface area contributed by atoms with Gasteiger partial charge in [0.05, 0.1) is 32.6 Å². The third-order valence-corrected chi connectivity index (χ3v) is 15.4. The monoisotopic (exact) mass is 1370 g/mol. The van der Waals surface area contributed by atoms with Crippen molar-refractivity contribution in [3.63, 3.8) is 0 Å². The van der Waals surface area contributed by atoms with Crippen LogP contribution in [0.4, 0.5) is 0 Å². The van der Waals surface area contributed by atoms with Crippen LogP contribution in [-0.4, -0.2) is 227 Å². The standard InChI is InChI=1S/C60H94N18O15S2/c1-32(2)21-41(57(90)73-39(52(62)85)18-20-95-8)74-58(91)43(23-36-25-63-31-68-36)71-49(83)27-67-60(93)51(33(3)4)77-53(86)34(5)69-56(89)42(22-35-24-65-38-14-10-9-13-37(35)38)75-55(88)40(16-17-46(61)80)70-47(81)15-11-12-19-64-48(82)26-66-54(87)45(30-94)76-59(92)44(29-79)72-50(84)28-78(6)7/h9-10,13-14,24-25,31-34,39-45,51,65,79,94H,11-12,15-23,26-30H2,1-8H3,(H2,61,80)(H2,62,85)(H,63,68)(H,64,82)(H,66,87)(H,67,93)(H,69,89)(H,70,81)(H,71,83)(H,72,84)(H,73,90)(H,74,91)(H,75,88)(H,76,92)(H,77,86)/t34-,39?,40-,41-,42-,43-,44-,45-,51?/m0/s1. The van der Waals surface area contributed by atoms with Crippen LogP contribution < -0.4 is 75.3 Å². The summed E-state index contributed by atoms with van der Waals surface area (Å²) in [5, 5.41) is 40.9. The van der Waals surface area contributed by atoms with E-state index in [9.17, 15) is 72.2 Å². The fourth-order valence-corrected chi connectivity index (χ4v) is 10.0. The van der Waals surface area contributed by atoms with E-state index < -0.39 is 163 Å². The van der Waals surface area contributed by atoms with Gasteiger partial charge in [0, 0.05) is 67.0 Å². The molecule has 2 aromatic heterocycles. The molecule has 9 atom stereocenters. The Labute approximate surface area is 560 Å². The van der Waals surface area contributed by atoms with Crippen LogP contribution in [0.25, 0.3) is 10.9 Å². The number of thioether (sulfide) groups is 1. The lowest BCUT2D eigenvalue weighted by Gasteiger charge is -2.26. The van der Waals surface area contributed by atoms with Gasteiger partial charge in [-0.2, -0.15) is 24.4 Å². The average Bonchev–Trinajstić information content (AvgIpc) is 1.72. The summed E-state index contributed by atoms with van der Waals surface area (Å²) in [6.45, 7) is 6.31. The Balaban J connectivity index is 1.66.